The minimum absolute atomic E-state index is 0.297. The summed E-state index contributed by atoms with van der Waals surface area (Å²) in [7, 11) is 3.14. The van der Waals surface area contributed by atoms with Gasteiger partial charge in [-0.2, -0.15) is 9.48 Å². The smallest absolute Gasteiger partial charge is 0.255 e. The molecule has 0 bridgehead atoms. The zero-order valence-corrected chi connectivity index (χ0v) is 18.3. The number of thiophene rings is 1. The molecule has 2 aliphatic heterocycles. The Labute approximate surface area is 178 Å². The number of benzene rings is 1. The minimum atomic E-state index is -0.656. The second-order valence-corrected chi connectivity index (χ2v) is 9.17. The number of hydrogen-bond acceptors (Lipinski definition) is 6. The van der Waals surface area contributed by atoms with Gasteiger partial charge in [-0.15, -0.1) is 23.1 Å². The lowest BCUT2D eigenvalue weighted by Gasteiger charge is -2.26. The molecule has 0 saturated heterocycles. The molecular weight excluding hydrogens is 460 g/mol. The molecule has 0 spiro atoms. The summed E-state index contributed by atoms with van der Waals surface area (Å²) in [5.74, 6) is 0.690. The maximum atomic E-state index is 12.9. The third kappa shape index (κ3) is 3.49. The molecule has 0 N–H and O–H groups in total. The Balaban J connectivity index is 1.73. The number of hydrogen-bond donors (Lipinski definition) is 0. The number of halogens is 1. The van der Waals surface area contributed by atoms with Gasteiger partial charge in [0.2, 0.25) is 5.84 Å². The molecule has 28 heavy (non-hydrogen) atoms. The van der Waals surface area contributed by atoms with E-state index in [4.69, 9.17) is 4.99 Å². The zero-order chi connectivity index (χ0) is 19.8. The van der Waals surface area contributed by atoms with Crippen LogP contribution in [0.25, 0.3) is 0 Å². The molecule has 142 valence electrons. The number of imide groups is 1. The minimum Gasteiger partial charge on any atom is -0.255 e. The number of rotatable bonds is 3. The maximum absolute atomic E-state index is 12.9. The van der Waals surface area contributed by atoms with Crippen molar-refractivity contribution >= 4 is 67.7 Å². The van der Waals surface area contributed by atoms with Gasteiger partial charge in [-0.1, -0.05) is 39.1 Å². The highest BCUT2D eigenvalue weighted by molar-refractivity contribution is 9.10. The first-order valence-electron chi connectivity index (χ1n) is 8.46. The zero-order valence-electron chi connectivity index (χ0n) is 15.1. The molecule has 1 atom stereocenters. The molecule has 4 rings (SSSR count). The average Bonchev–Trinajstić information content (AvgIpc) is 3.24. The topological polar surface area (TPSA) is 65.1 Å². The van der Waals surface area contributed by atoms with Gasteiger partial charge in [-0.25, -0.2) is 9.79 Å². The molecule has 3 amide bonds. The van der Waals surface area contributed by atoms with Crippen LogP contribution in [0.2, 0.25) is 0 Å². The lowest BCUT2D eigenvalue weighted by Crippen LogP contribution is -2.54. The van der Waals surface area contributed by atoms with Crippen molar-refractivity contribution < 1.29 is 14.2 Å². The molecule has 0 aliphatic carbocycles. The van der Waals surface area contributed by atoms with Crippen molar-refractivity contribution in [1.29, 1.82) is 0 Å². The molecule has 0 saturated carbocycles. The van der Waals surface area contributed by atoms with Crippen molar-refractivity contribution in [1.82, 2.24) is 4.90 Å². The first kappa shape index (κ1) is 19.2. The lowest BCUT2D eigenvalue weighted by atomic mass is 10.0. The molecule has 2 aromatic rings. The van der Waals surface area contributed by atoms with E-state index in [9.17, 15) is 9.59 Å². The molecule has 1 aromatic heterocycles. The average molecular weight is 476 g/mol. The highest BCUT2D eigenvalue weighted by Crippen LogP contribution is 2.29. The summed E-state index contributed by atoms with van der Waals surface area (Å²) in [6, 6.07) is 11.5. The first-order valence-corrected chi connectivity index (χ1v) is 11.1. The van der Waals surface area contributed by atoms with Crippen molar-refractivity contribution in [3.05, 3.63) is 56.7 Å². The van der Waals surface area contributed by atoms with E-state index in [1.807, 2.05) is 41.8 Å². The van der Waals surface area contributed by atoms with E-state index in [2.05, 4.69) is 20.9 Å². The van der Waals surface area contributed by atoms with Crippen LogP contribution in [0.1, 0.15) is 10.4 Å². The van der Waals surface area contributed by atoms with E-state index in [0.29, 0.717) is 22.5 Å². The summed E-state index contributed by atoms with van der Waals surface area (Å²) in [6.07, 6.45) is 0. The van der Waals surface area contributed by atoms with Gasteiger partial charge in [-0.05, 0) is 29.1 Å². The summed E-state index contributed by atoms with van der Waals surface area (Å²) in [4.78, 5) is 36.6. The van der Waals surface area contributed by atoms with Gasteiger partial charge in [0.1, 0.15) is 5.04 Å². The number of nitrogens with zero attached hydrogens (tertiary/aromatic N) is 4. The fourth-order valence-corrected chi connectivity index (χ4v) is 4.90. The standard InChI is InChI=1S/C19H16BrN4O2S2/c1-23-16-14(18(25)24(2)19(23)26)17(22-15(21-16)13-4-3-9-27-13)28-10-11-5-7-12(20)8-6-11/h3-9,14H,10H2,1-2H3/q+1. The molecule has 9 heteroatoms. The summed E-state index contributed by atoms with van der Waals surface area (Å²) in [5.41, 5.74) is 1.12. The van der Waals surface area contributed by atoms with Gasteiger partial charge in [-0.3, -0.25) is 4.79 Å². The Morgan fingerprint density at radius 2 is 1.96 bits per heavy atom. The molecule has 3 heterocycles. The number of fused-ring (bicyclic) bond motifs is 1. The quantitative estimate of drug-likeness (QED) is 0.633. The van der Waals surface area contributed by atoms with Gasteiger partial charge in [0.05, 0.1) is 19.0 Å². The van der Waals surface area contributed by atoms with Gasteiger partial charge >= 0.3 is 11.9 Å². The van der Waals surface area contributed by atoms with Crippen LogP contribution >= 0.6 is 39.0 Å². The number of carbonyl (C=O) groups excluding carboxylic acids is 2. The second kappa shape index (κ2) is 7.73. The molecule has 1 unspecified atom stereocenters. The van der Waals surface area contributed by atoms with Crippen molar-refractivity contribution in [3.8, 4) is 0 Å². The van der Waals surface area contributed by atoms with Crippen LogP contribution in [-0.4, -0.2) is 52.2 Å². The van der Waals surface area contributed by atoms with Gasteiger partial charge in [0.25, 0.3) is 5.84 Å². The van der Waals surface area contributed by atoms with E-state index >= 15 is 0 Å². The monoisotopic (exact) mass is 475 g/mol. The molecule has 1 aromatic carbocycles. The number of thioether (sulfide) groups is 1. The van der Waals surface area contributed by atoms with Crippen molar-refractivity contribution in [3.63, 3.8) is 0 Å². The van der Waals surface area contributed by atoms with Crippen molar-refractivity contribution in [2.24, 2.45) is 15.9 Å². The van der Waals surface area contributed by atoms with Crippen LogP contribution in [0.3, 0.4) is 0 Å². The summed E-state index contributed by atoms with van der Waals surface area (Å²) >= 11 is 6.47. The molecular formula is C19H16BrN4O2S2+. The van der Waals surface area contributed by atoms with Gasteiger partial charge < -0.3 is 0 Å². The highest BCUT2D eigenvalue weighted by atomic mass is 79.9. The summed E-state index contributed by atoms with van der Waals surface area (Å²) < 4.78 is 2.46. The number of amides is 3. The second-order valence-electron chi connectivity index (χ2n) is 6.31. The SMILES string of the molecule is CN1C(=O)C2C(SCc3ccc(Br)cc3)=NC(c3cccs3)=NC2=[N+](C)C1=O. The van der Waals surface area contributed by atoms with E-state index in [1.165, 1.54) is 34.7 Å². The van der Waals surface area contributed by atoms with Crippen LogP contribution in [0, 0.1) is 5.92 Å². The number of urea groups is 1. The predicted octanol–water partition coefficient (Wildman–Crippen LogP) is 3.85. The van der Waals surface area contributed by atoms with Crippen molar-refractivity contribution in [2.45, 2.75) is 5.75 Å². The fourth-order valence-electron chi connectivity index (χ4n) is 2.94. The number of amidine groups is 2. The lowest BCUT2D eigenvalue weighted by molar-refractivity contribution is -0.407. The van der Waals surface area contributed by atoms with E-state index in [0.717, 1.165) is 19.8 Å². The van der Waals surface area contributed by atoms with Gasteiger partial charge in [0.15, 0.2) is 5.92 Å². The Morgan fingerprint density at radius 3 is 2.64 bits per heavy atom. The van der Waals surface area contributed by atoms with E-state index < -0.39 is 5.92 Å². The van der Waals surface area contributed by atoms with Crippen LogP contribution < -0.4 is 0 Å². The molecule has 6 nitrogen and oxygen atoms in total. The molecule has 2 aliphatic rings. The molecule has 0 radical (unpaired) electrons. The first-order chi connectivity index (χ1) is 13.5. The third-order valence-electron chi connectivity index (χ3n) is 4.48. The van der Waals surface area contributed by atoms with Crippen LogP contribution in [0.15, 0.2) is 56.2 Å². The Morgan fingerprint density at radius 1 is 1.21 bits per heavy atom. The predicted molar refractivity (Wildman–Crippen MR) is 117 cm³/mol. The van der Waals surface area contributed by atoms with Crippen molar-refractivity contribution in [2.75, 3.05) is 14.1 Å². The fraction of sp³-hybridized carbons (Fsp3) is 0.211. The highest BCUT2D eigenvalue weighted by Gasteiger charge is 2.49. The van der Waals surface area contributed by atoms with E-state index in [1.54, 1.807) is 7.05 Å². The Bertz CT molecular complexity index is 1040. The largest absolute Gasteiger partial charge is 0.445 e. The summed E-state index contributed by atoms with van der Waals surface area (Å²) in [6.45, 7) is 0. The maximum Gasteiger partial charge on any atom is 0.445 e. The normalized spacial score (nSPS) is 19.5. The number of carbonyl (C=O) groups is 2. The Hall–Kier alpha value is -2.10. The van der Waals surface area contributed by atoms with Crippen LogP contribution in [0.5, 0.6) is 0 Å². The van der Waals surface area contributed by atoms with E-state index in [-0.39, 0.29) is 11.9 Å². The number of aliphatic imine (C=N–C) groups is 2. The van der Waals surface area contributed by atoms with Crippen LogP contribution in [0.4, 0.5) is 4.79 Å². The Kier molecular flexibility index (Phi) is 5.31. The van der Waals surface area contributed by atoms with Gasteiger partial charge in [0, 0.05) is 10.2 Å². The third-order valence-corrected chi connectivity index (χ3v) is 6.97. The molecule has 0 fully saturated rings. The van der Waals surface area contributed by atoms with Crippen LogP contribution in [-0.2, 0) is 10.5 Å². The summed E-state index contributed by atoms with van der Waals surface area (Å²) in [5, 5.41) is 2.61.